The third-order valence-corrected chi connectivity index (χ3v) is 9.81. The predicted octanol–water partition coefficient (Wildman–Crippen LogP) is 1.18. The summed E-state index contributed by atoms with van der Waals surface area (Å²) in [7, 11) is -1.92. The number of nitrogens with zero attached hydrogens (tertiary/aromatic N) is 2. The second-order valence-electron chi connectivity index (χ2n) is 12.3. The largest absolute Gasteiger partial charge is 0.349 e. The molecule has 0 bridgehead atoms. The van der Waals surface area contributed by atoms with Gasteiger partial charge in [-0.05, 0) is 56.2 Å². The summed E-state index contributed by atoms with van der Waals surface area (Å²) in [5, 5.41) is 8.99. The number of likely N-dealkylation sites (tertiary alicyclic amines) is 1. The van der Waals surface area contributed by atoms with Crippen molar-refractivity contribution >= 4 is 27.7 Å². The lowest BCUT2D eigenvalue weighted by atomic mass is 9.84. The van der Waals surface area contributed by atoms with Gasteiger partial charge in [-0.2, -0.15) is 4.31 Å². The van der Waals surface area contributed by atoms with Crippen LogP contribution >= 0.6 is 0 Å². The van der Waals surface area contributed by atoms with Crippen LogP contribution in [0.25, 0.3) is 0 Å². The van der Waals surface area contributed by atoms with Gasteiger partial charge >= 0.3 is 0 Å². The minimum absolute atomic E-state index is 0.0292. The first kappa shape index (κ1) is 29.5. The molecule has 216 valence electrons. The van der Waals surface area contributed by atoms with E-state index in [0.29, 0.717) is 13.0 Å². The third kappa shape index (κ3) is 6.00. The van der Waals surface area contributed by atoms with Crippen molar-refractivity contribution < 1.29 is 22.8 Å². The number of hydrogen-bond acceptors (Lipinski definition) is 6. The molecule has 2 fully saturated rings. The number of likely N-dealkylation sites (N-methyl/N-ethyl adjacent to an activating group) is 1. The van der Waals surface area contributed by atoms with Crippen LogP contribution in [0.15, 0.2) is 24.3 Å². The van der Waals surface area contributed by atoms with E-state index in [9.17, 15) is 22.8 Å². The first-order valence-electron chi connectivity index (χ1n) is 13.9. The van der Waals surface area contributed by atoms with Crippen LogP contribution in [0.2, 0.25) is 0 Å². The number of aryl methyl sites for hydroxylation is 1. The van der Waals surface area contributed by atoms with Gasteiger partial charge in [0.05, 0.1) is 30.3 Å². The van der Waals surface area contributed by atoms with Gasteiger partial charge in [0.2, 0.25) is 27.7 Å². The summed E-state index contributed by atoms with van der Waals surface area (Å²) in [4.78, 5) is 42.3. The summed E-state index contributed by atoms with van der Waals surface area (Å²) >= 11 is 0. The number of carbonyl (C=O) groups is 3. The summed E-state index contributed by atoms with van der Waals surface area (Å²) in [6.45, 7) is 7.72. The normalized spacial score (nSPS) is 26.9. The van der Waals surface area contributed by atoms with Crippen LogP contribution in [-0.2, 0) is 30.8 Å². The smallest absolute Gasteiger partial charge is 0.246 e. The van der Waals surface area contributed by atoms with Crippen molar-refractivity contribution in [1.82, 2.24) is 25.2 Å². The highest BCUT2D eigenvalue weighted by molar-refractivity contribution is 7.88. The molecule has 2 heterocycles. The first-order valence-corrected chi connectivity index (χ1v) is 15.7. The highest BCUT2D eigenvalue weighted by Gasteiger charge is 2.56. The fourth-order valence-corrected chi connectivity index (χ4v) is 7.46. The molecular weight excluding hydrogens is 518 g/mol. The fraction of sp³-hybridized carbons (Fsp3) is 0.679. The lowest BCUT2D eigenvalue weighted by Crippen LogP contribution is -2.59. The lowest BCUT2D eigenvalue weighted by Gasteiger charge is -2.37. The number of fused-ring (bicyclic) bond motifs is 2. The Morgan fingerprint density at radius 3 is 2.44 bits per heavy atom. The predicted molar refractivity (Wildman–Crippen MR) is 149 cm³/mol. The first-order chi connectivity index (χ1) is 18.2. The minimum atomic E-state index is -3.60. The molecular formula is C28H43N5O5S. The zero-order valence-electron chi connectivity index (χ0n) is 23.9. The lowest BCUT2D eigenvalue weighted by molar-refractivity contribution is -0.142. The number of sulfonamides is 1. The Morgan fingerprint density at radius 1 is 1.10 bits per heavy atom. The fourth-order valence-electron chi connectivity index (χ4n) is 6.31. The molecule has 10 nitrogen and oxygen atoms in total. The molecule has 39 heavy (non-hydrogen) atoms. The van der Waals surface area contributed by atoms with Gasteiger partial charge in [0.15, 0.2) is 0 Å². The molecule has 0 radical (unpaired) electrons. The maximum Gasteiger partial charge on any atom is 0.246 e. The van der Waals surface area contributed by atoms with Gasteiger partial charge in [0.1, 0.15) is 6.04 Å². The van der Waals surface area contributed by atoms with Gasteiger partial charge in [-0.25, -0.2) is 8.42 Å². The molecule has 0 saturated carbocycles. The number of hydrogen-bond donors (Lipinski definition) is 3. The van der Waals surface area contributed by atoms with Crippen LogP contribution in [0.5, 0.6) is 0 Å². The van der Waals surface area contributed by atoms with E-state index in [4.69, 9.17) is 0 Å². The summed E-state index contributed by atoms with van der Waals surface area (Å²) in [5.41, 5.74) is 1.71. The Morgan fingerprint density at radius 2 is 1.79 bits per heavy atom. The summed E-state index contributed by atoms with van der Waals surface area (Å²) < 4.78 is 26.9. The van der Waals surface area contributed by atoms with Crippen LogP contribution in [0, 0.1) is 11.3 Å². The van der Waals surface area contributed by atoms with E-state index in [-0.39, 0.29) is 30.3 Å². The molecule has 2 saturated heterocycles. The number of carbonyl (C=O) groups excluding carboxylic acids is 3. The maximum absolute atomic E-state index is 14.1. The van der Waals surface area contributed by atoms with E-state index >= 15 is 0 Å². The van der Waals surface area contributed by atoms with Gasteiger partial charge in [-0.3, -0.25) is 14.4 Å². The molecule has 1 aromatic rings. The van der Waals surface area contributed by atoms with E-state index in [0.717, 1.165) is 31.1 Å². The molecule has 11 heteroatoms. The van der Waals surface area contributed by atoms with Crippen molar-refractivity contribution in [3.05, 3.63) is 35.4 Å². The molecule has 4 rings (SSSR count). The topological polar surface area (TPSA) is 128 Å². The summed E-state index contributed by atoms with van der Waals surface area (Å²) in [6, 6.07) is 5.53. The van der Waals surface area contributed by atoms with Gasteiger partial charge in [-0.15, -0.1) is 0 Å². The number of benzene rings is 1. The highest BCUT2D eigenvalue weighted by Crippen LogP contribution is 2.39. The molecule has 3 amide bonds. The standard InChI is InChI=1S/C28H43N5O5S/c1-17(29-5)25(34)31-24(28(2,3)4)27(36)32-15-14-22-23(32)20(16-33(22)39(6,37)38)26(35)30-21-13-9-11-18-10-7-8-12-19(18)21/h7-8,10,12,17,20-24,29H,9,11,13-16H2,1-6H3,(H,30,35)(H,31,34). The van der Waals surface area contributed by atoms with E-state index in [1.165, 1.54) is 9.87 Å². The molecule has 1 aliphatic carbocycles. The number of amides is 3. The van der Waals surface area contributed by atoms with Crippen LogP contribution in [0.3, 0.4) is 0 Å². The maximum atomic E-state index is 14.1. The SMILES string of the molecule is CNC(C)C(=O)NC(C(=O)N1CCC2C1C(C(=O)NC1CCCc3ccccc31)CN2S(C)(=O)=O)C(C)(C)C. The molecule has 0 spiro atoms. The molecule has 6 unspecified atom stereocenters. The molecule has 3 aliphatic rings. The van der Waals surface area contributed by atoms with Crippen LogP contribution in [0.1, 0.15) is 64.1 Å². The van der Waals surface area contributed by atoms with Crippen LogP contribution < -0.4 is 16.0 Å². The zero-order valence-corrected chi connectivity index (χ0v) is 24.7. The highest BCUT2D eigenvalue weighted by atomic mass is 32.2. The van der Waals surface area contributed by atoms with Crippen LogP contribution in [0.4, 0.5) is 0 Å². The zero-order chi connectivity index (χ0) is 28.7. The molecule has 1 aromatic carbocycles. The quantitative estimate of drug-likeness (QED) is 0.459. The second kappa shape index (κ2) is 11.2. The number of nitrogens with one attached hydrogen (secondary N) is 3. The summed E-state index contributed by atoms with van der Waals surface area (Å²) in [5.74, 6) is -1.53. The number of rotatable bonds is 7. The Balaban J connectivity index is 1.62. The van der Waals surface area contributed by atoms with Crippen molar-refractivity contribution in [2.75, 3.05) is 26.4 Å². The minimum Gasteiger partial charge on any atom is -0.349 e. The van der Waals surface area contributed by atoms with Crippen molar-refractivity contribution in [1.29, 1.82) is 0 Å². The van der Waals surface area contributed by atoms with Crippen molar-refractivity contribution in [3.63, 3.8) is 0 Å². The van der Waals surface area contributed by atoms with Crippen molar-refractivity contribution in [2.45, 2.75) is 83.6 Å². The average molecular weight is 562 g/mol. The Hall–Kier alpha value is -2.50. The summed E-state index contributed by atoms with van der Waals surface area (Å²) in [6.07, 6.45) is 4.33. The van der Waals surface area contributed by atoms with Crippen molar-refractivity contribution in [3.8, 4) is 0 Å². The Kier molecular flexibility index (Phi) is 8.45. The Labute approximate surface area is 232 Å². The van der Waals surface area contributed by atoms with Gasteiger partial charge in [0, 0.05) is 19.1 Å². The van der Waals surface area contributed by atoms with E-state index in [2.05, 4.69) is 22.0 Å². The van der Waals surface area contributed by atoms with E-state index in [1.807, 2.05) is 39.0 Å². The van der Waals surface area contributed by atoms with Crippen molar-refractivity contribution in [2.24, 2.45) is 11.3 Å². The molecule has 6 atom stereocenters. The second-order valence-corrected chi connectivity index (χ2v) is 14.2. The van der Waals surface area contributed by atoms with E-state index < -0.39 is 45.5 Å². The molecule has 2 aliphatic heterocycles. The Bertz CT molecular complexity index is 1210. The third-order valence-electron chi connectivity index (χ3n) is 8.54. The van der Waals surface area contributed by atoms with Gasteiger partial charge < -0.3 is 20.9 Å². The molecule has 0 aromatic heterocycles. The van der Waals surface area contributed by atoms with Crippen LogP contribution in [-0.4, -0.2) is 85.9 Å². The van der Waals surface area contributed by atoms with E-state index in [1.54, 1.807) is 18.9 Å². The average Bonchev–Trinajstić information content (AvgIpc) is 3.46. The van der Waals surface area contributed by atoms with Gasteiger partial charge in [-0.1, -0.05) is 45.0 Å². The molecule has 3 N–H and O–H groups in total. The van der Waals surface area contributed by atoms with Gasteiger partial charge in [0.25, 0.3) is 0 Å². The monoisotopic (exact) mass is 561 g/mol.